The Balaban J connectivity index is 0.000000430. The molecule has 0 aromatic rings. The first-order valence-corrected chi connectivity index (χ1v) is 9.19. The molecule has 2 aliphatic carbocycles. The molecule has 1 fully saturated rings. The van der Waals surface area contributed by atoms with Gasteiger partial charge in [-0.1, -0.05) is 38.4 Å². The Labute approximate surface area is 156 Å². The number of Topliss-reactive ketones (excluding diaryl/α,β-unsaturated/α-hetero) is 1. The highest BCUT2D eigenvalue weighted by Gasteiger charge is 2.49. The highest BCUT2D eigenvalue weighted by molar-refractivity contribution is 6.31. The maximum Gasteiger partial charge on any atom is 0.242 e. The Morgan fingerprint density at radius 3 is 2.28 bits per heavy atom. The monoisotopic (exact) mass is 372 g/mol. The van der Waals surface area contributed by atoms with Crippen LogP contribution in [0.15, 0.2) is 22.8 Å². The number of likely N-dealkylation sites (N-methyl/N-ethyl adjacent to an activating group) is 1. The maximum absolute atomic E-state index is 11.8. The number of aliphatic hydroxyl groups is 1. The minimum atomic E-state index is -0.757. The average molecular weight is 373 g/mol. The van der Waals surface area contributed by atoms with Crippen LogP contribution in [-0.2, 0) is 9.59 Å². The Hall–Kier alpha value is -1.17. The molecule has 2 rings (SSSR count). The summed E-state index contributed by atoms with van der Waals surface area (Å²) in [7, 11) is 3.39. The lowest BCUT2D eigenvalue weighted by molar-refractivity contribution is -0.135. The van der Waals surface area contributed by atoms with E-state index in [9.17, 15) is 14.7 Å². The van der Waals surface area contributed by atoms with E-state index in [0.29, 0.717) is 5.03 Å². The van der Waals surface area contributed by atoms with E-state index in [4.69, 9.17) is 17.3 Å². The Morgan fingerprint density at radius 1 is 1.36 bits per heavy atom. The Morgan fingerprint density at radius 2 is 1.88 bits per heavy atom. The van der Waals surface area contributed by atoms with Gasteiger partial charge < -0.3 is 10.8 Å². The Bertz CT molecular complexity index is 523. The molecule has 6 heteroatoms. The highest BCUT2D eigenvalue weighted by atomic mass is 35.5. The normalized spacial score (nSPS) is 22.0. The summed E-state index contributed by atoms with van der Waals surface area (Å²) in [5.41, 5.74) is 5.94. The third kappa shape index (κ3) is 7.72. The number of allylic oxidation sites excluding steroid dienone is 3. The van der Waals surface area contributed by atoms with Crippen LogP contribution in [0, 0.1) is 5.41 Å². The summed E-state index contributed by atoms with van der Waals surface area (Å²) >= 11 is 5.80. The predicted octanol–water partition coefficient (Wildman–Crippen LogP) is 3.01. The van der Waals surface area contributed by atoms with Gasteiger partial charge in [-0.2, -0.15) is 0 Å². The molecule has 144 valence electrons. The highest BCUT2D eigenvalue weighted by Crippen LogP contribution is 2.46. The van der Waals surface area contributed by atoms with Gasteiger partial charge in [-0.25, -0.2) is 0 Å². The van der Waals surface area contributed by atoms with Crippen LogP contribution >= 0.6 is 11.6 Å². The van der Waals surface area contributed by atoms with Crippen LogP contribution in [0.3, 0.4) is 0 Å². The fourth-order valence-corrected chi connectivity index (χ4v) is 2.56. The summed E-state index contributed by atoms with van der Waals surface area (Å²) in [6, 6.07) is -0.757. The van der Waals surface area contributed by atoms with Gasteiger partial charge in [-0.3, -0.25) is 14.5 Å². The van der Waals surface area contributed by atoms with Gasteiger partial charge in [0.25, 0.3) is 0 Å². The molecule has 2 aliphatic rings. The number of ketones is 1. The van der Waals surface area contributed by atoms with Crippen molar-refractivity contribution in [3.63, 3.8) is 0 Å². The minimum Gasteiger partial charge on any atom is -0.389 e. The first-order chi connectivity index (χ1) is 11.6. The molecule has 0 aliphatic heterocycles. The van der Waals surface area contributed by atoms with Crippen molar-refractivity contribution in [3.8, 4) is 0 Å². The lowest BCUT2D eigenvalue weighted by Gasteiger charge is -2.22. The molecule has 2 unspecified atom stereocenters. The summed E-state index contributed by atoms with van der Waals surface area (Å²) in [5.74, 6) is -0.590. The van der Waals surface area contributed by atoms with Gasteiger partial charge in [0.05, 0.1) is 6.10 Å². The molecule has 3 N–H and O–H groups in total. The van der Waals surface area contributed by atoms with Gasteiger partial charge in [0.15, 0.2) is 5.78 Å². The molecule has 0 heterocycles. The third-order valence-corrected chi connectivity index (χ3v) is 4.68. The van der Waals surface area contributed by atoms with E-state index in [1.165, 1.54) is 0 Å². The molecule has 0 radical (unpaired) electrons. The van der Waals surface area contributed by atoms with Gasteiger partial charge in [0, 0.05) is 10.4 Å². The molecule has 1 saturated carbocycles. The number of carbonyl (C=O) groups excluding carboxylic acids is 2. The van der Waals surface area contributed by atoms with Crippen molar-refractivity contribution in [1.29, 1.82) is 0 Å². The standard InChI is InChI=1S/C9H16N2O2.C8H11ClO.C2H6/c1-9(4-5-9)7(12)6(8(10)13)11(2)3;1-6-3-2-4-7(10)5-8(6)9;1-2/h6H,4-5H2,1-3H3,(H2,10,13);3,5,7,10H,2,4H2,1H3;1-2H3. The summed E-state index contributed by atoms with van der Waals surface area (Å²) in [6.07, 6.45) is 6.84. The van der Waals surface area contributed by atoms with Crippen molar-refractivity contribution in [2.24, 2.45) is 11.1 Å². The van der Waals surface area contributed by atoms with Gasteiger partial charge in [0.2, 0.25) is 5.91 Å². The summed E-state index contributed by atoms with van der Waals surface area (Å²) in [6.45, 7) is 7.84. The number of hydrogen-bond donors (Lipinski definition) is 2. The van der Waals surface area contributed by atoms with E-state index in [2.05, 4.69) is 6.08 Å². The van der Waals surface area contributed by atoms with Gasteiger partial charge >= 0.3 is 0 Å². The van der Waals surface area contributed by atoms with Gasteiger partial charge in [-0.15, -0.1) is 0 Å². The van der Waals surface area contributed by atoms with Crippen molar-refractivity contribution in [1.82, 2.24) is 4.90 Å². The second kappa shape index (κ2) is 10.7. The van der Waals surface area contributed by atoms with E-state index < -0.39 is 11.9 Å². The molecule has 1 amide bonds. The zero-order valence-electron chi connectivity index (χ0n) is 16.3. The first-order valence-electron chi connectivity index (χ1n) is 8.81. The maximum atomic E-state index is 11.8. The van der Waals surface area contributed by atoms with E-state index in [1.807, 2.05) is 27.7 Å². The fraction of sp³-hybridized carbons (Fsp3) is 0.684. The molecule has 0 aromatic carbocycles. The van der Waals surface area contributed by atoms with E-state index in [0.717, 1.165) is 31.3 Å². The summed E-state index contributed by atoms with van der Waals surface area (Å²) in [4.78, 5) is 24.4. The first kappa shape index (κ1) is 23.8. The van der Waals surface area contributed by atoms with E-state index in [-0.39, 0.29) is 17.3 Å². The number of carbonyl (C=O) groups is 2. The largest absolute Gasteiger partial charge is 0.389 e. The molecular formula is C19H33ClN2O3. The predicted molar refractivity (Wildman–Crippen MR) is 103 cm³/mol. The number of amides is 1. The number of rotatable bonds is 4. The summed E-state index contributed by atoms with van der Waals surface area (Å²) in [5, 5.41) is 9.87. The van der Waals surface area contributed by atoms with Gasteiger partial charge in [-0.05, 0) is 58.4 Å². The molecule has 25 heavy (non-hydrogen) atoms. The molecule has 5 nitrogen and oxygen atoms in total. The number of primary amides is 1. The zero-order chi connectivity index (χ0) is 19.8. The van der Waals surface area contributed by atoms with Crippen molar-refractivity contribution in [3.05, 3.63) is 22.8 Å². The van der Waals surface area contributed by atoms with Crippen molar-refractivity contribution in [2.45, 2.75) is 65.5 Å². The quantitative estimate of drug-likeness (QED) is 0.743. The van der Waals surface area contributed by atoms with E-state index >= 15 is 0 Å². The molecular weight excluding hydrogens is 340 g/mol. The topological polar surface area (TPSA) is 83.6 Å². The molecule has 0 saturated heterocycles. The van der Waals surface area contributed by atoms with Crippen LogP contribution in [0.4, 0.5) is 0 Å². The van der Waals surface area contributed by atoms with Crippen molar-refractivity contribution < 1.29 is 14.7 Å². The van der Waals surface area contributed by atoms with Crippen molar-refractivity contribution in [2.75, 3.05) is 14.1 Å². The van der Waals surface area contributed by atoms with Crippen LogP contribution in [0.5, 0.6) is 0 Å². The zero-order valence-corrected chi connectivity index (χ0v) is 17.1. The number of nitrogens with two attached hydrogens (primary N) is 1. The van der Waals surface area contributed by atoms with Crippen LogP contribution in [0.2, 0.25) is 0 Å². The Kier molecular flexibility index (Phi) is 10.2. The fourth-order valence-electron chi connectivity index (χ4n) is 2.33. The van der Waals surface area contributed by atoms with Crippen molar-refractivity contribution >= 4 is 23.3 Å². The number of aliphatic hydroxyl groups excluding tert-OH is 1. The smallest absolute Gasteiger partial charge is 0.242 e. The molecule has 0 spiro atoms. The van der Waals surface area contributed by atoms with Crippen LogP contribution in [0.1, 0.15) is 53.4 Å². The molecule has 2 atom stereocenters. The lowest BCUT2D eigenvalue weighted by Crippen LogP contribution is -2.48. The second-order valence-electron chi connectivity index (χ2n) is 6.74. The number of halogens is 1. The minimum absolute atomic E-state index is 0.0370. The lowest BCUT2D eigenvalue weighted by atomic mass is 9.96. The van der Waals surface area contributed by atoms with Crippen LogP contribution < -0.4 is 5.73 Å². The number of nitrogens with zero attached hydrogens (tertiary/aromatic N) is 1. The summed E-state index contributed by atoms with van der Waals surface area (Å²) < 4.78 is 0. The average Bonchev–Trinajstić information content (AvgIpc) is 3.29. The SMILES string of the molecule is CC.CC1=CCCC(O)C=C1Cl.CN(C)C(C(N)=O)C(=O)C1(C)CC1. The molecule has 0 aromatic heterocycles. The van der Waals surface area contributed by atoms with E-state index in [1.54, 1.807) is 25.1 Å². The molecule has 0 bridgehead atoms. The third-order valence-electron chi connectivity index (χ3n) is 4.26. The van der Waals surface area contributed by atoms with Crippen LogP contribution in [0.25, 0.3) is 0 Å². The second-order valence-corrected chi connectivity index (χ2v) is 7.15. The number of hydrogen-bond acceptors (Lipinski definition) is 4. The van der Waals surface area contributed by atoms with Crippen LogP contribution in [-0.4, -0.2) is 47.9 Å². The van der Waals surface area contributed by atoms with Gasteiger partial charge in [0.1, 0.15) is 6.04 Å².